The summed E-state index contributed by atoms with van der Waals surface area (Å²) in [6.07, 6.45) is 0. The molecule has 0 aliphatic rings. The Hall–Kier alpha value is -2.92. The molecule has 0 aliphatic heterocycles. The summed E-state index contributed by atoms with van der Waals surface area (Å²) in [6.45, 7) is 7.09. The van der Waals surface area contributed by atoms with Gasteiger partial charge in [0.1, 0.15) is 12.4 Å². The maximum absolute atomic E-state index is 5.95. The molecule has 0 unspecified atom stereocenters. The smallest absolute Gasteiger partial charge is 0.258 e. The Bertz CT molecular complexity index is 1040. The van der Waals surface area contributed by atoms with Gasteiger partial charge < -0.3 is 9.26 Å². The van der Waals surface area contributed by atoms with E-state index >= 15 is 0 Å². The van der Waals surface area contributed by atoms with Gasteiger partial charge in [-0.05, 0) is 52.3 Å². The summed E-state index contributed by atoms with van der Waals surface area (Å²) < 4.78 is 11.4. The highest BCUT2D eigenvalue weighted by molar-refractivity contribution is 7.13. The van der Waals surface area contributed by atoms with Crippen molar-refractivity contribution >= 4 is 11.3 Å². The lowest BCUT2D eigenvalue weighted by atomic mass is 9.87. The third-order valence-electron chi connectivity index (χ3n) is 4.47. The number of hydrogen-bond acceptors (Lipinski definition) is 5. The Labute approximate surface area is 168 Å². The van der Waals surface area contributed by atoms with Crippen LogP contribution in [-0.4, -0.2) is 10.1 Å². The molecule has 142 valence electrons. The zero-order chi connectivity index (χ0) is 19.6. The number of thiophene rings is 1. The molecule has 0 atom stereocenters. The van der Waals surface area contributed by atoms with Crippen LogP contribution in [0, 0.1) is 0 Å². The van der Waals surface area contributed by atoms with Crippen molar-refractivity contribution in [1.29, 1.82) is 0 Å². The number of hydrogen-bond donors (Lipinski definition) is 0. The van der Waals surface area contributed by atoms with Gasteiger partial charge in [0.05, 0.1) is 4.88 Å². The van der Waals surface area contributed by atoms with Crippen molar-refractivity contribution in [2.24, 2.45) is 0 Å². The average molecular weight is 391 g/mol. The Balaban J connectivity index is 1.46. The quantitative estimate of drug-likeness (QED) is 0.399. The van der Waals surface area contributed by atoms with Crippen molar-refractivity contribution in [3.63, 3.8) is 0 Å². The minimum absolute atomic E-state index is 0.138. The van der Waals surface area contributed by atoms with Crippen molar-refractivity contribution < 1.29 is 9.26 Å². The van der Waals surface area contributed by atoms with Crippen LogP contribution in [0.4, 0.5) is 0 Å². The van der Waals surface area contributed by atoms with E-state index in [9.17, 15) is 0 Å². The first kappa shape index (κ1) is 18.4. The highest BCUT2D eigenvalue weighted by atomic mass is 32.1. The van der Waals surface area contributed by atoms with Crippen molar-refractivity contribution in [1.82, 2.24) is 10.1 Å². The van der Waals surface area contributed by atoms with E-state index in [1.165, 1.54) is 5.56 Å². The van der Waals surface area contributed by atoms with Gasteiger partial charge in [-0.25, -0.2) is 0 Å². The minimum Gasteiger partial charge on any atom is -0.489 e. The molecule has 0 bridgehead atoms. The van der Waals surface area contributed by atoms with Gasteiger partial charge in [-0.3, -0.25) is 0 Å². The molecule has 28 heavy (non-hydrogen) atoms. The molecule has 4 rings (SSSR count). The van der Waals surface area contributed by atoms with Crippen LogP contribution in [0.2, 0.25) is 0 Å². The number of ether oxygens (including phenoxy) is 1. The average Bonchev–Trinajstić information content (AvgIpc) is 3.38. The summed E-state index contributed by atoms with van der Waals surface area (Å²) >= 11 is 1.59. The molecule has 0 radical (unpaired) electrons. The molecule has 5 heteroatoms. The van der Waals surface area contributed by atoms with E-state index in [0.29, 0.717) is 18.3 Å². The molecule has 4 aromatic rings. The molecule has 0 saturated carbocycles. The Morgan fingerprint density at radius 1 is 1.00 bits per heavy atom. The van der Waals surface area contributed by atoms with Gasteiger partial charge in [0, 0.05) is 5.56 Å². The predicted molar refractivity (Wildman–Crippen MR) is 113 cm³/mol. The normalized spacial score (nSPS) is 11.5. The summed E-state index contributed by atoms with van der Waals surface area (Å²) in [7, 11) is 0. The second-order valence-corrected chi connectivity index (χ2v) is 8.61. The zero-order valence-corrected chi connectivity index (χ0v) is 17.0. The summed E-state index contributed by atoms with van der Waals surface area (Å²) in [6, 6.07) is 20.2. The van der Waals surface area contributed by atoms with Gasteiger partial charge in [-0.2, -0.15) is 4.98 Å². The minimum atomic E-state index is 0.138. The van der Waals surface area contributed by atoms with Crippen LogP contribution in [0.1, 0.15) is 31.9 Å². The second-order valence-electron chi connectivity index (χ2n) is 7.66. The molecule has 0 aliphatic carbocycles. The molecule has 2 heterocycles. The van der Waals surface area contributed by atoms with Crippen molar-refractivity contribution in [3.05, 3.63) is 77.2 Å². The van der Waals surface area contributed by atoms with Crippen molar-refractivity contribution in [2.75, 3.05) is 0 Å². The van der Waals surface area contributed by atoms with E-state index < -0.39 is 0 Å². The molecule has 0 spiro atoms. The van der Waals surface area contributed by atoms with E-state index in [-0.39, 0.29) is 5.41 Å². The lowest BCUT2D eigenvalue weighted by molar-refractivity contribution is 0.306. The third kappa shape index (κ3) is 4.15. The fourth-order valence-corrected chi connectivity index (χ4v) is 3.51. The second kappa shape index (κ2) is 7.60. The Morgan fingerprint density at radius 2 is 1.82 bits per heavy atom. The molecular weight excluding hydrogens is 368 g/mol. The molecule has 2 aromatic carbocycles. The molecule has 0 saturated heterocycles. The van der Waals surface area contributed by atoms with Crippen LogP contribution in [-0.2, 0) is 12.0 Å². The topological polar surface area (TPSA) is 48.2 Å². The van der Waals surface area contributed by atoms with Crippen LogP contribution in [0.25, 0.3) is 22.2 Å². The van der Waals surface area contributed by atoms with Gasteiger partial charge in [-0.1, -0.05) is 56.3 Å². The molecule has 0 N–H and O–H groups in total. The summed E-state index contributed by atoms with van der Waals surface area (Å²) in [5, 5.41) is 6.08. The van der Waals surface area contributed by atoms with Crippen LogP contribution >= 0.6 is 11.3 Å². The van der Waals surface area contributed by atoms with Gasteiger partial charge in [0.25, 0.3) is 5.89 Å². The van der Waals surface area contributed by atoms with Gasteiger partial charge >= 0.3 is 0 Å². The van der Waals surface area contributed by atoms with Crippen molar-refractivity contribution in [3.8, 4) is 27.9 Å². The maximum Gasteiger partial charge on any atom is 0.258 e. The summed E-state index contributed by atoms with van der Waals surface area (Å²) in [5.74, 6) is 1.99. The van der Waals surface area contributed by atoms with Gasteiger partial charge in [-0.15, -0.1) is 11.3 Å². The Morgan fingerprint density at radius 3 is 2.54 bits per heavy atom. The highest BCUT2D eigenvalue weighted by Gasteiger charge is 2.14. The van der Waals surface area contributed by atoms with Crippen LogP contribution in [0.5, 0.6) is 5.75 Å². The van der Waals surface area contributed by atoms with E-state index in [2.05, 4.69) is 43.0 Å². The fourth-order valence-electron chi connectivity index (χ4n) is 2.86. The fraction of sp³-hybridized carbons (Fsp3) is 0.217. The number of aromatic nitrogens is 2. The SMILES string of the molecule is CC(C)(C)c1ccc(OCc2cccc(-c3nc(-c4cccs4)no3)c2)cc1. The monoisotopic (exact) mass is 390 g/mol. The molecule has 2 aromatic heterocycles. The van der Waals surface area contributed by atoms with Crippen LogP contribution < -0.4 is 4.74 Å². The Kier molecular flexibility index (Phi) is 5.01. The number of nitrogens with zero attached hydrogens (tertiary/aromatic N) is 2. The first-order valence-corrected chi connectivity index (χ1v) is 10.1. The zero-order valence-electron chi connectivity index (χ0n) is 16.2. The number of benzene rings is 2. The molecule has 0 fully saturated rings. The first-order chi connectivity index (χ1) is 13.5. The number of rotatable bonds is 5. The van der Waals surface area contributed by atoms with Crippen LogP contribution in [0.15, 0.2) is 70.6 Å². The van der Waals surface area contributed by atoms with E-state index in [1.807, 2.05) is 53.9 Å². The first-order valence-electron chi connectivity index (χ1n) is 9.19. The summed E-state index contributed by atoms with van der Waals surface area (Å²) in [5.41, 5.74) is 3.37. The van der Waals surface area contributed by atoms with E-state index in [0.717, 1.165) is 21.8 Å². The lowest BCUT2D eigenvalue weighted by Gasteiger charge is -2.19. The van der Waals surface area contributed by atoms with E-state index in [4.69, 9.17) is 9.26 Å². The van der Waals surface area contributed by atoms with Gasteiger partial charge in [0.2, 0.25) is 5.82 Å². The third-order valence-corrected chi connectivity index (χ3v) is 5.33. The summed E-state index contributed by atoms with van der Waals surface area (Å²) in [4.78, 5) is 5.50. The van der Waals surface area contributed by atoms with Crippen LogP contribution in [0.3, 0.4) is 0 Å². The van der Waals surface area contributed by atoms with E-state index in [1.54, 1.807) is 11.3 Å². The highest BCUT2D eigenvalue weighted by Crippen LogP contribution is 2.27. The predicted octanol–water partition coefficient (Wildman–Crippen LogP) is 6.34. The largest absolute Gasteiger partial charge is 0.489 e. The molecule has 4 nitrogen and oxygen atoms in total. The molecule has 0 amide bonds. The lowest BCUT2D eigenvalue weighted by Crippen LogP contribution is -2.10. The van der Waals surface area contributed by atoms with Crippen molar-refractivity contribution in [2.45, 2.75) is 32.8 Å². The van der Waals surface area contributed by atoms with Gasteiger partial charge in [0.15, 0.2) is 0 Å². The maximum atomic E-state index is 5.95. The standard InChI is InChI=1S/C23H22N2O2S/c1-23(2,3)18-9-11-19(12-10-18)26-15-16-6-4-7-17(14-16)22-24-21(25-27-22)20-8-5-13-28-20/h4-14H,15H2,1-3H3. The molecular formula is C23H22N2O2S.